The summed E-state index contributed by atoms with van der Waals surface area (Å²) in [6, 6.07) is 13.2. The molecule has 0 aliphatic carbocycles. The van der Waals surface area contributed by atoms with Crippen molar-refractivity contribution in [3.63, 3.8) is 0 Å². The molecule has 1 atom stereocenters. The molecular formula is C22H24ClN3O5. The Morgan fingerprint density at radius 3 is 2.39 bits per heavy atom. The van der Waals surface area contributed by atoms with Gasteiger partial charge < -0.3 is 25.4 Å². The molecule has 0 spiro atoms. The average Bonchev–Trinajstić information content (AvgIpc) is 3.32. The minimum Gasteiger partial charge on any atom is -0.484 e. The van der Waals surface area contributed by atoms with Crippen LogP contribution in [0.5, 0.6) is 5.75 Å². The molecule has 1 heterocycles. The SMILES string of the molecule is O=C(COc1ccc(Cl)cc1)Nc1ccc(C(=O)NCCNC(=O)C2CCCO2)cc1. The fraction of sp³-hybridized carbons (Fsp3) is 0.318. The summed E-state index contributed by atoms with van der Waals surface area (Å²) in [5.41, 5.74) is 0.992. The first-order valence-corrected chi connectivity index (χ1v) is 10.3. The summed E-state index contributed by atoms with van der Waals surface area (Å²) in [5.74, 6) is -0.199. The fourth-order valence-electron chi connectivity index (χ4n) is 2.94. The molecule has 8 nitrogen and oxygen atoms in total. The first-order valence-electron chi connectivity index (χ1n) is 9.97. The highest BCUT2D eigenvalue weighted by molar-refractivity contribution is 6.30. The first kappa shape index (κ1) is 22.6. The minimum atomic E-state index is -0.380. The number of rotatable bonds is 9. The van der Waals surface area contributed by atoms with Crippen molar-refractivity contribution < 1.29 is 23.9 Å². The Bertz CT molecular complexity index is 896. The van der Waals surface area contributed by atoms with Gasteiger partial charge in [0.1, 0.15) is 11.9 Å². The van der Waals surface area contributed by atoms with Crippen LogP contribution in [-0.2, 0) is 14.3 Å². The lowest BCUT2D eigenvalue weighted by Crippen LogP contribution is -2.39. The van der Waals surface area contributed by atoms with Crippen LogP contribution in [0.1, 0.15) is 23.2 Å². The predicted octanol–water partition coefficient (Wildman–Crippen LogP) is 2.38. The minimum absolute atomic E-state index is 0.146. The molecule has 31 heavy (non-hydrogen) atoms. The van der Waals surface area contributed by atoms with Gasteiger partial charge >= 0.3 is 0 Å². The van der Waals surface area contributed by atoms with Gasteiger partial charge in [0.25, 0.3) is 11.8 Å². The van der Waals surface area contributed by atoms with Crippen molar-refractivity contribution in [2.24, 2.45) is 0 Å². The number of benzene rings is 2. The molecule has 1 unspecified atom stereocenters. The highest BCUT2D eigenvalue weighted by Crippen LogP contribution is 2.16. The number of halogens is 1. The van der Waals surface area contributed by atoms with Crippen molar-refractivity contribution in [3.8, 4) is 5.75 Å². The van der Waals surface area contributed by atoms with Crippen molar-refractivity contribution in [3.05, 3.63) is 59.1 Å². The fourth-order valence-corrected chi connectivity index (χ4v) is 3.07. The molecule has 2 aromatic rings. The summed E-state index contributed by atoms with van der Waals surface area (Å²) in [6.07, 6.45) is 1.24. The third-order valence-corrected chi connectivity index (χ3v) is 4.80. The van der Waals surface area contributed by atoms with E-state index in [1.165, 1.54) is 0 Å². The molecule has 2 aromatic carbocycles. The van der Waals surface area contributed by atoms with Crippen molar-refractivity contribution >= 4 is 35.0 Å². The number of amides is 3. The molecule has 0 aromatic heterocycles. The molecule has 9 heteroatoms. The van der Waals surface area contributed by atoms with Crippen LogP contribution in [0.3, 0.4) is 0 Å². The van der Waals surface area contributed by atoms with Gasteiger partial charge in [-0.05, 0) is 61.4 Å². The van der Waals surface area contributed by atoms with E-state index < -0.39 is 0 Å². The van der Waals surface area contributed by atoms with Crippen molar-refractivity contribution in [2.45, 2.75) is 18.9 Å². The molecule has 1 aliphatic rings. The summed E-state index contributed by atoms with van der Waals surface area (Å²) in [4.78, 5) is 36.0. The monoisotopic (exact) mass is 445 g/mol. The van der Waals surface area contributed by atoms with Gasteiger partial charge in [-0.2, -0.15) is 0 Å². The van der Waals surface area contributed by atoms with E-state index in [1.807, 2.05) is 0 Å². The van der Waals surface area contributed by atoms with E-state index in [0.29, 0.717) is 41.7 Å². The van der Waals surface area contributed by atoms with Crippen LogP contribution >= 0.6 is 11.6 Å². The van der Waals surface area contributed by atoms with E-state index in [9.17, 15) is 14.4 Å². The van der Waals surface area contributed by atoms with Crippen LogP contribution in [0, 0.1) is 0 Å². The molecule has 3 N–H and O–H groups in total. The molecule has 164 valence electrons. The zero-order valence-corrected chi connectivity index (χ0v) is 17.6. The van der Waals surface area contributed by atoms with E-state index in [1.54, 1.807) is 48.5 Å². The van der Waals surface area contributed by atoms with Crippen LogP contribution in [-0.4, -0.2) is 50.1 Å². The molecule has 0 bridgehead atoms. The number of carbonyl (C=O) groups excluding carboxylic acids is 3. The van der Waals surface area contributed by atoms with E-state index >= 15 is 0 Å². The van der Waals surface area contributed by atoms with Gasteiger partial charge in [0, 0.05) is 36.0 Å². The number of nitrogens with one attached hydrogen (secondary N) is 3. The van der Waals surface area contributed by atoms with E-state index in [-0.39, 0.29) is 30.4 Å². The maximum atomic E-state index is 12.2. The molecular weight excluding hydrogens is 422 g/mol. The maximum Gasteiger partial charge on any atom is 0.262 e. The average molecular weight is 446 g/mol. The lowest BCUT2D eigenvalue weighted by Gasteiger charge is -2.11. The number of carbonyl (C=O) groups is 3. The molecule has 3 rings (SSSR count). The Kier molecular flexibility index (Phi) is 8.26. The summed E-state index contributed by atoms with van der Waals surface area (Å²) >= 11 is 5.80. The second kappa shape index (κ2) is 11.3. The molecule has 0 radical (unpaired) electrons. The quantitative estimate of drug-likeness (QED) is 0.514. The molecule has 3 amide bonds. The molecule has 0 saturated carbocycles. The zero-order chi connectivity index (χ0) is 22.1. The summed E-state index contributed by atoms with van der Waals surface area (Å²) in [6.45, 7) is 1.09. The van der Waals surface area contributed by atoms with Gasteiger partial charge in [0.2, 0.25) is 5.91 Å². The van der Waals surface area contributed by atoms with Gasteiger partial charge in [0.05, 0.1) is 0 Å². The largest absolute Gasteiger partial charge is 0.484 e. The zero-order valence-electron chi connectivity index (χ0n) is 16.9. The summed E-state index contributed by atoms with van der Waals surface area (Å²) in [7, 11) is 0. The van der Waals surface area contributed by atoms with E-state index in [0.717, 1.165) is 12.8 Å². The van der Waals surface area contributed by atoms with Crippen LogP contribution < -0.4 is 20.7 Å². The number of hydrogen-bond acceptors (Lipinski definition) is 5. The topological polar surface area (TPSA) is 106 Å². The number of hydrogen-bond donors (Lipinski definition) is 3. The third kappa shape index (κ3) is 7.27. The van der Waals surface area contributed by atoms with Crippen LogP contribution in [0.15, 0.2) is 48.5 Å². The van der Waals surface area contributed by atoms with E-state index in [4.69, 9.17) is 21.1 Å². The van der Waals surface area contributed by atoms with Gasteiger partial charge in [-0.3, -0.25) is 14.4 Å². The van der Waals surface area contributed by atoms with Crippen molar-refractivity contribution in [1.29, 1.82) is 0 Å². The molecule has 1 fully saturated rings. The van der Waals surface area contributed by atoms with Gasteiger partial charge in [-0.25, -0.2) is 0 Å². The van der Waals surface area contributed by atoms with Crippen molar-refractivity contribution in [2.75, 3.05) is 31.6 Å². The number of ether oxygens (including phenoxy) is 2. The smallest absolute Gasteiger partial charge is 0.262 e. The van der Waals surface area contributed by atoms with Gasteiger partial charge in [0.15, 0.2) is 6.61 Å². The highest BCUT2D eigenvalue weighted by Gasteiger charge is 2.22. The summed E-state index contributed by atoms with van der Waals surface area (Å²) < 4.78 is 10.7. The van der Waals surface area contributed by atoms with Gasteiger partial charge in [-0.1, -0.05) is 11.6 Å². The van der Waals surface area contributed by atoms with Crippen molar-refractivity contribution in [1.82, 2.24) is 10.6 Å². The summed E-state index contributed by atoms with van der Waals surface area (Å²) in [5, 5.41) is 8.77. The third-order valence-electron chi connectivity index (χ3n) is 4.55. The van der Waals surface area contributed by atoms with Gasteiger partial charge in [-0.15, -0.1) is 0 Å². The highest BCUT2D eigenvalue weighted by atomic mass is 35.5. The van der Waals surface area contributed by atoms with Crippen LogP contribution in [0.4, 0.5) is 5.69 Å². The molecule has 1 aliphatic heterocycles. The van der Waals surface area contributed by atoms with Crippen LogP contribution in [0.2, 0.25) is 5.02 Å². The standard InChI is InChI=1S/C22H24ClN3O5/c23-16-5-9-18(10-6-16)31-14-20(27)26-17-7-3-15(4-8-17)21(28)24-11-12-25-22(29)19-2-1-13-30-19/h3-10,19H,1-2,11-14H2,(H,24,28)(H,25,29)(H,26,27). The Morgan fingerprint density at radius 2 is 1.71 bits per heavy atom. The second-order valence-electron chi connectivity index (χ2n) is 6.92. The first-order chi connectivity index (χ1) is 15.0. The Labute approximate surface area is 185 Å². The lowest BCUT2D eigenvalue weighted by atomic mass is 10.2. The number of anilines is 1. The lowest BCUT2D eigenvalue weighted by molar-refractivity contribution is -0.130. The van der Waals surface area contributed by atoms with Crippen LogP contribution in [0.25, 0.3) is 0 Å². The maximum absolute atomic E-state index is 12.2. The predicted molar refractivity (Wildman–Crippen MR) is 116 cm³/mol. The Hall–Kier alpha value is -3.10. The normalized spacial score (nSPS) is 15.2. The second-order valence-corrected chi connectivity index (χ2v) is 7.35. The molecule has 1 saturated heterocycles. The van der Waals surface area contributed by atoms with E-state index in [2.05, 4.69) is 16.0 Å². The Morgan fingerprint density at radius 1 is 1.00 bits per heavy atom. The Balaban J connectivity index is 1.36.